The Morgan fingerprint density at radius 3 is 2.83 bits per heavy atom. The van der Waals surface area contributed by atoms with Crippen LogP contribution < -0.4 is 5.73 Å². The molecule has 7 heteroatoms. The van der Waals surface area contributed by atoms with Gasteiger partial charge in [0.25, 0.3) is 5.91 Å². The van der Waals surface area contributed by atoms with Crippen molar-refractivity contribution in [3.63, 3.8) is 0 Å². The molecule has 0 aliphatic heterocycles. The Morgan fingerprint density at radius 1 is 1.38 bits per heavy atom. The number of hydrogen-bond acceptors (Lipinski definition) is 4. The van der Waals surface area contributed by atoms with Crippen molar-refractivity contribution in [2.45, 2.75) is 51.2 Å². The van der Waals surface area contributed by atoms with Crippen molar-refractivity contribution in [2.75, 3.05) is 6.61 Å². The van der Waals surface area contributed by atoms with E-state index in [0.29, 0.717) is 18.6 Å². The summed E-state index contributed by atoms with van der Waals surface area (Å²) < 4.78 is 22.2. The predicted molar refractivity (Wildman–Crippen MR) is 110 cm³/mol. The SMILES string of the molecule is CCCC(CC)OCC1(n2cnc(C(N)=O)n2)C=C(c2ccccc2F)C=CC1. The number of ether oxygens (including phenoxy) is 1. The molecule has 1 aromatic heterocycles. The van der Waals surface area contributed by atoms with Crippen LogP contribution in [-0.4, -0.2) is 33.4 Å². The normalized spacial score (nSPS) is 19.8. The van der Waals surface area contributed by atoms with Gasteiger partial charge in [-0.25, -0.2) is 14.1 Å². The lowest BCUT2D eigenvalue weighted by molar-refractivity contribution is 0.00120. The molecule has 2 aromatic rings. The summed E-state index contributed by atoms with van der Waals surface area (Å²) >= 11 is 0. The van der Waals surface area contributed by atoms with E-state index >= 15 is 0 Å². The van der Waals surface area contributed by atoms with Crippen molar-refractivity contribution in [3.8, 4) is 0 Å². The Labute approximate surface area is 170 Å². The number of hydrogen-bond donors (Lipinski definition) is 1. The molecule has 1 amide bonds. The molecule has 0 spiro atoms. The van der Waals surface area contributed by atoms with E-state index in [1.807, 2.05) is 18.2 Å². The van der Waals surface area contributed by atoms with Crippen LogP contribution in [0.5, 0.6) is 0 Å². The minimum atomic E-state index is -0.728. The third-order valence-electron chi connectivity index (χ3n) is 5.18. The summed E-state index contributed by atoms with van der Waals surface area (Å²) in [5.74, 6) is -1.05. The molecule has 0 saturated carbocycles. The highest BCUT2D eigenvalue weighted by atomic mass is 19.1. The van der Waals surface area contributed by atoms with Gasteiger partial charge in [0.15, 0.2) is 0 Å². The first-order chi connectivity index (χ1) is 14.0. The van der Waals surface area contributed by atoms with Gasteiger partial charge >= 0.3 is 0 Å². The van der Waals surface area contributed by atoms with Crippen molar-refractivity contribution < 1.29 is 13.9 Å². The number of amides is 1. The summed E-state index contributed by atoms with van der Waals surface area (Å²) in [6.45, 7) is 4.54. The largest absolute Gasteiger partial charge is 0.375 e. The van der Waals surface area contributed by atoms with Crippen LogP contribution in [0.2, 0.25) is 0 Å². The van der Waals surface area contributed by atoms with Gasteiger partial charge in [0, 0.05) is 5.56 Å². The number of rotatable bonds is 9. The van der Waals surface area contributed by atoms with Crippen LogP contribution >= 0.6 is 0 Å². The van der Waals surface area contributed by atoms with E-state index in [-0.39, 0.29) is 17.7 Å². The summed E-state index contributed by atoms with van der Waals surface area (Å²) in [6, 6.07) is 6.64. The smallest absolute Gasteiger partial charge is 0.288 e. The lowest BCUT2D eigenvalue weighted by atomic mass is 9.86. The van der Waals surface area contributed by atoms with Crippen molar-refractivity contribution >= 4 is 11.5 Å². The van der Waals surface area contributed by atoms with E-state index in [0.717, 1.165) is 24.8 Å². The van der Waals surface area contributed by atoms with Crippen LogP contribution in [0.1, 0.15) is 55.7 Å². The molecular formula is C22H27FN4O2. The number of carbonyl (C=O) groups is 1. The second-order valence-electron chi connectivity index (χ2n) is 7.30. The lowest BCUT2D eigenvalue weighted by Gasteiger charge is -2.34. The lowest BCUT2D eigenvalue weighted by Crippen LogP contribution is -2.39. The van der Waals surface area contributed by atoms with E-state index in [4.69, 9.17) is 10.5 Å². The van der Waals surface area contributed by atoms with Crippen molar-refractivity contribution in [2.24, 2.45) is 5.73 Å². The van der Waals surface area contributed by atoms with Gasteiger partial charge in [-0.3, -0.25) is 4.79 Å². The molecule has 2 N–H and O–H groups in total. The van der Waals surface area contributed by atoms with Gasteiger partial charge < -0.3 is 10.5 Å². The molecular weight excluding hydrogens is 371 g/mol. The second kappa shape index (κ2) is 9.13. The monoisotopic (exact) mass is 398 g/mol. The van der Waals surface area contributed by atoms with E-state index in [1.54, 1.807) is 22.9 Å². The Balaban J connectivity index is 2.01. The molecule has 1 aliphatic carbocycles. The summed E-state index contributed by atoms with van der Waals surface area (Å²) in [6.07, 6.45) is 10.9. The van der Waals surface area contributed by atoms with Crippen LogP contribution in [0.25, 0.3) is 5.57 Å². The fourth-order valence-electron chi connectivity index (χ4n) is 3.56. The van der Waals surface area contributed by atoms with Gasteiger partial charge in [-0.1, -0.05) is 50.6 Å². The van der Waals surface area contributed by atoms with E-state index in [2.05, 4.69) is 23.9 Å². The Hall–Kier alpha value is -2.80. The number of nitrogens with two attached hydrogens (primary N) is 1. The molecule has 2 atom stereocenters. The average molecular weight is 398 g/mol. The first-order valence-corrected chi connectivity index (χ1v) is 9.97. The number of benzene rings is 1. The van der Waals surface area contributed by atoms with Gasteiger partial charge in [0.1, 0.15) is 17.7 Å². The maximum Gasteiger partial charge on any atom is 0.288 e. The minimum Gasteiger partial charge on any atom is -0.375 e. The average Bonchev–Trinajstić information content (AvgIpc) is 3.23. The van der Waals surface area contributed by atoms with Crippen molar-refractivity contribution in [1.82, 2.24) is 14.8 Å². The van der Waals surface area contributed by atoms with Gasteiger partial charge in [0.2, 0.25) is 5.82 Å². The zero-order valence-electron chi connectivity index (χ0n) is 16.8. The Morgan fingerprint density at radius 2 is 2.17 bits per heavy atom. The maximum atomic E-state index is 14.4. The summed E-state index contributed by atoms with van der Waals surface area (Å²) in [4.78, 5) is 15.5. The van der Waals surface area contributed by atoms with E-state index in [1.165, 1.54) is 12.4 Å². The fraction of sp³-hybridized carbons (Fsp3) is 0.409. The van der Waals surface area contributed by atoms with Crippen LogP contribution in [0.3, 0.4) is 0 Å². The van der Waals surface area contributed by atoms with Gasteiger partial charge in [-0.15, -0.1) is 5.10 Å². The molecule has 0 fully saturated rings. The van der Waals surface area contributed by atoms with Crippen LogP contribution in [0.4, 0.5) is 4.39 Å². The Bertz CT molecular complexity index is 921. The van der Waals surface area contributed by atoms with E-state index in [9.17, 15) is 9.18 Å². The standard InChI is InChI=1S/C22H27FN4O2/c1-3-8-17(4-2)29-14-22(27-15-25-21(26-27)20(24)28)12-7-9-16(13-22)18-10-5-6-11-19(18)23/h5-7,9-11,13,15,17H,3-4,8,12,14H2,1-2H3,(H2,24,28). The predicted octanol–water partition coefficient (Wildman–Crippen LogP) is 3.85. The van der Waals surface area contributed by atoms with Crippen LogP contribution in [0.15, 0.2) is 48.8 Å². The molecule has 2 unspecified atom stereocenters. The highest BCUT2D eigenvalue weighted by Crippen LogP contribution is 2.34. The highest BCUT2D eigenvalue weighted by molar-refractivity contribution is 5.88. The topological polar surface area (TPSA) is 83.0 Å². The third-order valence-corrected chi connectivity index (χ3v) is 5.18. The fourth-order valence-corrected chi connectivity index (χ4v) is 3.56. The number of nitrogens with zero attached hydrogens (tertiary/aromatic N) is 3. The van der Waals surface area contributed by atoms with Gasteiger partial charge in [-0.2, -0.15) is 0 Å². The van der Waals surface area contributed by atoms with E-state index < -0.39 is 11.4 Å². The summed E-state index contributed by atoms with van der Waals surface area (Å²) in [5, 5.41) is 4.28. The first kappa shape index (κ1) is 20.9. The molecule has 154 valence electrons. The summed E-state index contributed by atoms with van der Waals surface area (Å²) in [7, 11) is 0. The minimum absolute atomic E-state index is 0.0552. The highest BCUT2D eigenvalue weighted by Gasteiger charge is 2.35. The number of allylic oxidation sites excluding steroid dienone is 3. The molecule has 29 heavy (non-hydrogen) atoms. The molecule has 1 aliphatic rings. The van der Waals surface area contributed by atoms with Crippen LogP contribution in [0, 0.1) is 5.82 Å². The molecule has 0 saturated heterocycles. The molecule has 1 heterocycles. The number of halogens is 1. The molecule has 3 rings (SSSR count). The zero-order valence-corrected chi connectivity index (χ0v) is 16.8. The first-order valence-electron chi connectivity index (χ1n) is 9.97. The quantitative estimate of drug-likeness (QED) is 0.695. The van der Waals surface area contributed by atoms with Crippen molar-refractivity contribution in [1.29, 1.82) is 0 Å². The zero-order chi connectivity index (χ0) is 20.9. The molecule has 6 nitrogen and oxygen atoms in total. The third kappa shape index (κ3) is 4.62. The molecule has 0 bridgehead atoms. The van der Waals surface area contributed by atoms with Crippen LogP contribution in [-0.2, 0) is 10.3 Å². The second-order valence-corrected chi connectivity index (χ2v) is 7.30. The number of carbonyl (C=O) groups excluding carboxylic acids is 1. The maximum absolute atomic E-state index is 14.4. The molecule has 1 aromatic carbocycles. The van der Waals surface area contributed by atoms with Gasteiger partial charge in [0.05, 0.1) is 12.7 Å². The number of primary amides is 1. The van der Waals surface area contributed by atoms with Gasteiger partial charge in [-0.05, 0) is 37.0 Å². The summed E-state index contributed by atoms with van der Waals surface area (Å²) in [5.41, 5.74) is 5.84. The van der Waals surface area contributed by atoms with Crippen molar-refractivity contribution in [3.05, 3.63) is 66.0 Å². The molecule has 0 radical (unpaired) electrons. The Kier molecular flexibility index (Phi) is 6.59. The number of aromatic nitrogens is 3.